The van der Waals surface area contributed by atoms with Crippen molar-refractivity contribution in [3.63, 3.8) is 0 Å². The van der Waals surface area contributed by atoms with E-state index >= 15 is 0 Å². The van der Waals surface area contributed by atoms with Gasteiger partial charge in [-0.3, -0.25) is 10.2 Å². The molecule has 0 fully saturated rings. The number of rotatable bonds is 7. The van der Waals surface area contributed by atoms with Crippen LogP contribution in [0.15, 0.2) is 24.3 Å². The van der Waals surface area contributed by atoms with Crippen LogP contribution in [0.1, 0.15) is 24.5 Å². The van der Waals surface area contributed by atoms with E-state index in [1.807, 2.05) is 30.0 Å². The molecular formula is C13H21N3OS. The fourth-order valence-electron chi connectivity index (χ4n) is 1.64. The molecule has 5 heteroatoms. The minimum absolute atomic E-state index is 0.164. The summed E-state index contributed by atoms with van der Waals surface area (Å²) in [7, 11) is 0. The van der Waals surface area contributed by atoms with Crippen molar-refractivity contribution in [2.75, 3.05) is 6.54 Å². The van der Waals surface area contributed by atoms with Gasteiger partial charge in [-0.25, -0.2) is 5.84 Å². The van der Waals surface area contributed by atoms with E-state index in [0.717, 1.165) is 17.7 Å². The first-order valence-electron chi connectivity index (χ1n) is 6.05. The lowest BCUT2D eigenvalue weighted by atomic mass is 10.1. The summed E-state index contributed by atoms with van der Waals surface area (Å²) in [5.74, 6) is 5.85. The summed E-state index contributed by atoms with van der Waals surface area (Å²) in [6.45, 7) is 2.89. The average molecular weight is 267 g/mol. The van der Waals surface area contributed by atoms with Gasteiger partial charge in [0.1, 0.15) is 0 Å². The van der Waals surface area contributed by atoms with Crippen molar-refractivity contribution < 1.29 is 4.79 Å². The minimum atomic E-state index is -0.164. The predicted octanol–water partition coefficient (Wildman–Crippen LogP) is 1.19. The molecule has 0 aliphatic rings. The first kappa shape index (κ1) is 15.0. The summed E-state index contributed by atoms with van der Waals surface area (Å²) in [5, 5.41) is 0.534. The Balaban J connectivity index is 2.61. The second-order valence-electron chi connectivity index (χ2n) is 4.21. The van der Waals surface area contributed by atoms with Gasteiger partial charge in [-0.15, -0.1) is 0 Å². The van der Waals surface area contributed by atoms with Crippen molar-refractivity contribution in [3.8, 4) is 0 Å². The van der Waals surface area contributed by atoms with Crippen LogP contribution in [0.5, 0.6) is 0 Å². The predicted molar refractivity (Wildman–Crippen MR) is 76.9 cm³/mol. The summed E-state index contributed by atoms with van der Waals surface area (Å²) in [5.41, 5.74) is 9.92. The van der Waals surface area contributed by atoms with E-state index in [4.69, 9.17) is 11.6 Å². The fraction of sp³-hybridized carbons (Fsp3) is 0.462. The van der Waals surface area contributed by atoms with Gasteiger partial charge >= 0.3 is 0 Å². The fourth-order valence-corrected chi connectivity index (χ4v) is 2.69. The first-order chi connectivity index (χ1) is 8.67. The number of nitrogens with one attached hydrogen (secondary N) is 1. The van der Waals surface area contributed by atoms with E-state index in [1.54, 1.807) is 0 Å². The highest BCUT2D eigenvalue weighted by atomic mass is 32.2. The third kappa shape index (κ3) is 5.08. The lowest BCUT2D eigenvalue weighted by Gasteiger charge is -2.12. The quantitative estimate of drug-likeness (QED) is 0.394. The van der Waals surface area contributed by atoms with Crippen LogP contribution < -0.4 is 17.0 Å². The van der Waals surface area contributed by atoms with Crippen LogP contribution in [0, 0.1) is 0 Å². The Morgan fingerprint density at radius 1 is 1.39 bits per heavy atom. The van der Waals surface area contributed by atoms with Gasteiger partial charge in [0, 0.05) is 11.0 Å². The second kappa shape index (κ2) is 8.13. The van der Waals surface area contributed by atoms with E-state index in [1.165, 1.54) is 5.56 Å². The van der Waals surface area contributed by atoms with Crippen molar-refractivity contribution in [1.82, 2.24) is 5.43 Å². The van der Waals surface area contributed by atoms with Crippen molar-refractivity contribution >= 4 is 17.7 Å². The molecule has 1 amide bonds. The molecule has 1 aromatic carbocycles. The molecule has 1 rings (SSSR count). The molecule has 0 aromatic heterocycles. The molecule has 0 aliphatic heterocycles. The molecule has 100 valence electrons. The molecule has 5 N–H and O–H groups in total. The highest BCUT2D eigenvalue weighted by molar-refractivity contribution is 7.99. The number of nitrogens with two attached hydrogens (primary N) is 2. The molecule has 0 saturated heterocycles. The number of hydrazine groups is 1. The van der Waals surface area contributed by atoms with Crippen LogP contribution in [-0.4, -0.2) is 17.7 Å². The summed E-state index contributed by atoms with van der Waals surface area (Å²) < 4.78 is 0. The third-order valence-electron chi connectivity index (χ3n) is 2.73. The molecule has 0 heterocycles. The average Bonchev–Trinajstić information content (AvgIpc) is 2.38. The Morgan fingerprint density at radius 2 is 2.06 bits per heavy atom. The van der Waals surface area contributed by atoms with E-state index in [2.05, 4.69) is 18.4 Å². The van der Waals surface area contributed by atoms with E-state index in [0.29, 0.717) is 18.2 Å². The first-order valence-corrected chi connectivity index (χ1v) is 7.10. The van der Waals surface area contributed by atoms with Crippen LogP contribution in [0.2, 0.25) is 0 Å². The summed E-state index contributed by atoms with van der Waals surface area (Å²) in [6.07, 6.45) is 1.34. The van der Waals surface area contributed by atoms with Gasteiger partial charge in [-0.1, -0.05) is 31.2 Å². The Labute approximate surface area is 112 Å². The lowest BCUT2D eigenvalue weighted by molar-refractivity contribution is -0.120. The number of carbonyl (C=O) groups excluding carboxylic acids is 1. The normalized spacial score (nSPS) is 12.2. The summed E-state index contributed by atoms with van der Waals surface area (Å²) >= 11 is 1.86. The van der Waals surface area contributed by atoms with Crippen LogP contribution in [0.4, 0.5) is 0 Å². The minimum Gasteiger partial charge on any atom is -0.330 e. The Morgan fingerprint density at radius 3 is 2.67 bits per heavy atom. The van der Waals surface area contributed by atoms with E-state index < -0.39 is 0 Å². The van der Waals surface area contributed by atoms with Gasteiger partial charge in [-0.05, 0) is 24.1 Å². The van der Waals surface area contributed by atoms with Crippen LogP contribution in [0.3, 0.4) is 0 Å². The molecule has 1 atom stereocenters. The summed E-state index contributed by atoms with van der Waals surface area (Å²) in [6, 6.07) is 7.96. The largest absolute Gasteiger partial charge is 0.330 e. The molecule has 0 bridgehead atoms. The molecule has 0 spiro atoms. The van der Waals surface area contributed by atoms with Gasteiger partial charge in [0.15, 0.2) is 0 Å². The molecule has 1 aromatic rings. The van der Waals surface area contributed by atoms with E-state index in [9.17, 15) is 4.79 Å². The molecule has 0 aliphatic carbocycles. The van der Waals surface area contributed by atoms with Gasteiger partial charge < -0.3 is 5.73 Å². The van der Waals surface area contributed by atoms with Crippen molar-refractivity contribution in [2.45, 2.75) is 30.8 Å². The lowest BCUT2D eigenvalue weighted by Crippen LogP contribution is -2.31. The molecule has 18 heavy (non-hydrogen) atoms. The highest BCUT2D eigenvalue weighted by Gasteiger charge is 2.08. The van der Waals surface area contributed by atoms with Gasteiger partial charge in [0.25, 0.3) is 0 Å². The second-order valence-corrected chi connectivity index (χ2v) is 5.64. The van der Waals surface area contributed by atoms with Crippen molar-refractivity contribution in [2.24, 2.45) is 11.6 Å². The number of hydrogen-bond acceptors (Lipinski definition) is 4. The van der Waals surface area contributed by atoms with Gasteiger partial charge in [0.05, 0.1) is 6.42 Å². The monoisotopic (exact) mass is 267 g/mol. The standard InChI is InChI=1S/C13H21N3OS/c1-10(6-7-14)18-9-12-5-3-2-4-11(12)8-13(17)16-15/h2-5,10H,6-9,14-15H2,1H3,(H,16,17). The molecule has 0 radical (unpaired) electrons. The number of benzene rings is 1. The third-order valence-corrected chi connectivity index (χ3v) is 4.01. The smallest absolute Gasteiger partial charge is 0.238 e. The number of hydrogen-bond donors (Lipinski definition) is 3. The molecule has 4 nitrogen and oxygen atoms in total. The van der Waals surface area contributed by atoms with Crippen LogP contribution in [-0.2, 0) is 17.0 Å². The highest BCUT2D eigenvalue weighted by Crippen LogP contribution is 2.22. The number of carbonyl (C=O) groups is 1. The summed E-state index contributed by atoms with van der Waals surface area (Å²) in [4.78, 5) is 11.3. The molecular weight excluding hydrogens is 246 g/mol. The Kier molecular flexibility index (Phi) is 6.78. The van der Waals surface area contributed by atoms with E-state index in [-0.39, 0.29) is 5.91 Å². The van der Waals surface area contributed by atoms with Gasteiger partial charge in [0.2, 0.25) is 5.91 Å². The van der Waals surface area contributed by atoms with Crippen LogP contribution >= 0.6 is 11.8 Å². The Hall–Kier alpha value is -1.04. The van der Waals surface area contributed by atoms with Crippen molar-refractivity contribution in [1.29, 1.82) is 0 Å². The maximum Gasteiger partial charge on any atom is 0.238 e. The molecule has 0 saturated carbocycles. The zero-order valence-corrected chi connectivity index (χ0v) is 11.5. The topological polar surface area (TPSA) is 81.1 Å². The van der Waals surface area contributed by atoms with Crippen molar-refractivity contribution in [3.05, 3.63) is 35.4 Å². The zero-order valence-electron chi connectivity index (χ0n) is 10.7. The Bertz CT molecular complexity index is 384. The SMILES string of the molecule is CC(CCN)SCc1ccccc1CC(=O)NN. The number of thioether (sulfide) groups is 1. The number of amides is 1. The van der Waals surface area contributed by atoms with Crippen LogP contribution in [0.25, 0.3) is 0 Å². The maximum atomic E-state index is 11.3. The zero-order chi connectivity index (χ0) is 13.4. The van der Waals surface area contributed by atoms with Gasteiger partial charge in [-0.2, -0.15) is 11.8 Å². The molecule has 1 unspecified atom stereocenters. The maximum absolute atomic E-state index is 11.3.